The summed E-state index contributed by atoms with van der Waals surface area (Å²) >= 11 is 0. The molecule has 0 bridgehead atoms. The van der Waals surface area contributed by atoms with Crippen LogP contribution in [-0.4, -0.2) is 42.9 Å². The number of nitrogens with zero attached hydrogens (tertiary/aromatic N) is 2. The van der Waals surface area contributed by atoms with Gasteiger partial charge in [-0.15, -0.1) is 0 Å². The Kier molecular flexibility index (Phi) is 3.79. The van der Waals surface area contributed by atoms with E-state index in [0.717, 1.165) is 26.2 Å². The molecule has 3 nitrogen and oxygen atoms in total. The Morgan fingerprint density at radius 3 is 3.00 bits per heavy atom. The number of anilines is 1. The van der Waals surface area contributed by atoms with Crippen molar-refractivity contribution in [3.8, 4) is 0 Å². The molecule has 0 amide bonds. The second-order valence-electron chi connectivity index (χ2n) is 6.23. The van der Waals surface area contributed by atoms with E-state index in [0.29, 0.717) is 18.2 Å². The van der Waals surface area contributed by atoms with Crippen LogP contribution in [0.25, 0.3) is 0 Å². The second kappa shape index (κ2) is 5.57. The average Bonchev–Trinajstić information content (AvgIpc) is 2.64. The van der Waals surface area contributed by atoms with Gasteiger partial charge in [-0.05, 0) is 50.4 Å². The van der Waals surface area contributed by atoms with Gasteiger partial charge in [-0.1, -0.05) is 12.1 Å². The quantitative estimate of drug-likeness (QED) is 0.844. The number of hydrogen-bond acceptors (Lipinski definition) is 3. The molecule has 1 unspecified atom stereocenters. The first-order chi connectivity index (χ1) is 9.65. The van der Waals surface area contributed by atoms with Gasteiger partial charge in [0.15, 0.2) is 0 Å². The zero-order valence-corrected chi connectivity index (χ0v) is 12.6. The minimum absolute atomic E-state index is 0.302. The highest BCUT2D eigenvalue weighted by Gasteiger charge is 2.32. The van der Waals surface area contributed by atoms with E-state index >= 15 is 0 Å². The molecule has 0 N–H and O–H groups in total. The van der Waals surface area contributed by atoms with Gasteiger partial charge in [0.25, 0.3) is 0 Å². The fraction of sp³-hybridized carbons (Fsp3) is 0.588. The summed E-state index contributed by atoms with van der Waals surface area (Å²) in [7, 11) is 0. The van der Waals surface area contributed by atoms with Crippen molar-refractivity contribution < 1.29 is 4.79 Å². The SMILES string of the molecule is CC(=O)CCN1CCCN2c3cccc(C)c3CC2C1. The summed E-state index contributed by atoms with van der Waals surface area (Å²) in [5.41, 5.74) is 4.40. The molecular weight excluding hydrogens is 248 g/mol. The average molecular weight is 272 g/mol. The molecule has 1 aromatic carbocycles. The standard InChI is InChI=1S/C17H24N2O/c1-13-5-3-6-17-16(13)11-15-12-18(10-7-14(2)20)8-4-9-19(15)17/h3,5-6,15H,4,7-12H2,1-2H3. The Morgan fingerprint density at radius 2 is 2.20 bits per heavy atom. The van der Waals surface area contributed by atoms with E-state index in [4.69, 9.17) is 0 Å². The zero-order chi connectivity index (χ0) is 14.1. The lowest BCUT2D eigenvalue weighted by molar-refractivity contribution is -0.117. The van der Waals surface area contributed by atoms with Gasteiger partial charge < -0.3 is 9.80 Å². The van der Waals surface area contributed by atoms with E-state index in [1.807, 2.05) is 0 Å². The number of aryl methyl sites for hydroxylation is 1. The number of carbonyl (C=O) groups excluding carboxylic acids is 1. The van der Waals surface area contributed by atoms with Gasteiger partial charge in [0, 0.05) is 37.8 Å². The van der Waals surface area contributed by atoms with Crippen LogP contribution >= 0.6 is 0 Å². The number of benzene rings is 1. The maximum atomic E-state index is 11.2. The molecule has 1 fully saturated rings. The predicted octanol–water partition coefficient (Wildman–Crippen LogP) is 2.41. The summed E-state index contributed by atoms with van der Waals surface area (Å²) < 4.78 is 0. The molecule has 2 aliphatic heterocycles. The molecular formula is C17H24N2O. The molecule has 0 saturated carbocycles. The van der Waals surface area contributed by atoms with Crippen LogP contribution in [0.2, 0.25) is 0 Å². The molecule has 0 aliphatic carbocycles. The number of rotatable bonds is 3. The summed E-state index contributed by atoms with van der Waals surface area (Å²) in [6, 6.07) is 7.27. The Hall–Kier alpha value is -1.35. The number of hydrogen-bond donors (Lipinski definition) is 0. The third-order valence-corrected chi connectivity index (χ3v) is 4.70. The number of ketones is 1. The second-order valence-corrected chi connectivity index (χ2v) is 6.23. The Morgan fingerprint density at radius 1 is 1.35 bits per heavy atom. The number of carbonyl (C=O) groups is 1. The largest absolute Gasteiger partial charge is 0.367 e. The number of Topliss-reactive ketones (excluding diaryl/α,β-unsaturated/α-hetero) is 1. The summed E-state index contributed by atoms with van der Waals surface area (Å²) in [5.74, 6) is 0.302. The molecule has 0 spiro atoms. The Bertz CT molecular complexity index is 512. The Labute approximate surface area is 121 Å². The topological polar surface area (TPSA) is 23.6 Å². The van der Waals surface area contributed by atoms with E-state index in [2.05, 4.69) is 34.9 Å². The lowest BCUT2D eigenvalue weighted by Gasteiger charge is -2.27. The van der Waals surface area contributed by atoms with Gasteiger partial charge in [-0.25, -0.2) is 0 Å². The van der Waals surface area contributed by atoms with Crippen molar-refractivity contribution in [1.82, 2.24) is 4.90 Å². The minimum atomic E-state index is 0.302. The molecule has 1 atom stereocenters. The van der Waals surface area contributed by atoms with Gasteiger partial charge in [0.05, 0.1) is 0 Å². The predicted molar refractivity (Wildman–Crippen MR) is 82.4 cm³/mol. The molecule has 108 valence electrons. The highest BCUT2D eigenvalue weighted by atomic mass is 16.1. The van der Waals surface area contributed by atoms with E-state index in [9.17, 15) is 4.79 Å². The van der Waals surface area contributed by atoms with Crippen molar-refractivity contribution in [3.05, 3.63) is 29.3 Å². The van der Waals surface area contributed by atoms with Crippen LogP contribution < -0.4 is 4.90 Å². The third kappa shape index (κ3) is 2.59. The minimum Gasteiger partial charge on any atom is -0.367 e. The zero-order valence-electron chi connectivity index (χ0n) is 12.6. The summed E-state index contributed by atoms with van der Waals surface area (Å²) in [6.45, 7) is 8.22. The maximum absolute atomic E-state index is 11.2. The van der Waals surface area contributed by atoms with Crippen molar-refractivity contribution in [2.24, 2.45) is 0 Å². The van der Waals surface area contributed by atoms with E-state index < -0.39 is 0 Å². The van der Waals surface area contributed by atoms with Crippen molar-refractivity contribution in [1.29, 1.82) is 0 Å². The molecule has 1 aromatic rings. The lowest BCUT2D eigenvalue weighted by atomic mass is 10.0. The fourth-order valence-corrected chi connectivity index (χ4v) is 3.60. The van der Waals surface area contributed by atoms with Gasteiger partial charge in [0.1, 0.15) is 5.78 Å². The van der Waals surface area contributed by atoms with E-state index in [1.54, 1.807) is 6.92 Å². The van der Waals surface area contributed by atoms with Crippen LogP contribution in [0.5, 0.6) is 0 Å². The first-order valence-electron chi connectivity index (χ1n) is 7.72. The van der Waals surface area contributed by atoms with Gasteiger partial charge in [-0.2, -0.15) is 0 Å². The normalized spacial score (nSPS) is 22.3. The molecule has 2 aliphatic rings. The van der Waals surface area contributed by atoms with Crippen molar-refractivity contribution >= 4 is 11.5 Å². The first kappa shape index (κ1) is 13.6. The van der Waals surface area contributed by atoms with Crippen LogP contribution in [0.1, 0.15) is 30.9 Å². The maximum Gasteiger partial charge on any atom is 0.131 e. The number of fused-ring (bicyclic) bond motifs is 3. The smallest absolute Gasteiger partial charge is 0.131 e. The highest BCUT2D eigenvalue weighted by Crippen LogP contribution is 2.35. The van der Waals surface area contributed by atoms with E-state index in [-0.39, 0.29) is 0 Å². The van der Waals surface area contributed by atoms with Gasteiger partial charge in [-0.3, -0.25) is 4.79 Å². The summed E-state index contributed by atoms with van der Waals surface area (Å²) in [4.78, 5) is 16.3. The summed E-state index contributed by atoms with van der Waals surface area (Å²) in [5, 5.41) is 0. The van der Waals surface area contributed by atoms with Gasteiger partial charge >= 0.3 is 0 Å². The molecule has 3 rings (SSSR count). The molecule has 2 heterocycles. The molecule has 0 radical (unpaired) electrons. The monoisotopic (exact) mass is 272 g/mol. The van der Waals surface area contributed by atoms with Crippen LogP contribution in [0.15, 0.2) is 18.2 Å². The van der Waals surface area contributed by atoms with Crippen molar-refractivity contribution in [2.75, 3.05) is 31.1 Å². The van der Waals surface area contributed by atoms with Gasteiger partial charge in [0.2, 0.25) is 0 Å². The third-order valence-electron chi connectivity index (χ3n) is 4.70. The Balaban J connectivity index is 1.74. The van der Waals surface area contributed by atoms with Crippen molar-refractivity contribution in [2.45, 2.75) is 39.2 Å². The first-order valence-corrected chi connectivity index (χ1v) is 7.72. The lowest BCUT2D eigenvalue weighted by Crippen LogP contribution is -2.39. The fourth-order valence-electron chi connectivity index (χ4n) is 3.60. The van der Waals surface area contributed by atoms with Crippen molar-refractivity contribution in [3.63, 3.8) is 0 Å². The summed E-state index contributed by atoms with van der Waals surface area (Å²) in [6.07, 6.45) is 3.05. The molecule has 0 aromatic heterocycles. The van der Waals surface area contributed by atoms with E-state index in [1.165, 1.54) is 29.7 Å². The van der Waals surface area contributed by atoms with Crippen LogP contribution in [0, 0.1) is 6.92 Å². The van der Waals surface area contributed by atoms with Crippen LogP contribution in [0.3, 0.4) is 0 Å². The molecule has 20 heavy (non-hydrogen) atoms. The molecule has 1 saturated heterocycles. The van der Waals surface area contributed by atoms with Crippen LogP contribution in [0.4, 0.5) is 5.69 Å². The highest BCUT2D eigenvalue weighted by molar-refractivity contribution is 5.75. The van der Waals surface area contributed by atoms with Crippen LogP contribution in [-0.2, 0) is 11.2 Å². The molecule has 3 heteroatoms.